The maximum absolute atomic E-state index is 12.7. The van der Waals surface area contributed by atoms with Crippen LogP contribution in [0.25, 0.3) is 0 Å². The minimum Gasteiger partial charge on any atom is -0.445 e. The van der Waals surface area contributed by atoms with Crippen LogP contribution in [0.3, 0.4) is 0 Å². The first-order chi connectivity index (χ1) is 17.4. The Balaban J connectivity index is 1.65. The number of nitrogens with two attached hydrogens (primary N) is 1. The molecule has 37 heavy (non-hydrogen) atoms. The second kappa shape index (κ2) is 11.1. The van der Waals surface area contributed by atoms with Gasteiger partial charge in [0, 0.05) is 24.1 Å². The van der Waals surface area contributed by atoms with Gasteiger partial charge in [-0.15, -0.1) is 11.3 Å². The van der Waals surface area contributed by atoms with Gasteiger partial charge in [0.2, 0.25) is 0 Å². The number of thiazole rings is 1. The van der Waals surface area contributed by atoms with E-state index in [4.69, 9.17) is 10.5 Å². The first-order valence-electron chi connectivity index (χ1n) is 10.0. The van der Waals surface area contributed by atoms with E-state index in [1.54, 1.807) is 0 Å². The molecule has 0 radical (unpaired) electrons. The van der Waals surface area contributed by atoms with Crippen LogP contribution in [0, 0.1) is 10.1 Å². The van der Waals surface area contributed by atoms with Crippen LogP contribution in [0.15, 0.2) is 34.8 Å². The number of rotatable bonds is 10. The molecule has 1 aromatic carbocycles. The molecule has 0 saturated carbocycles. The number of nitrogen functional groups attached to an aromatic ring is 1. The highest BCUT2D eigenvalue weighted by Gasteiger charge is 2.54. The number of carbonyl (C=O) groups excluding carboxylic acids is 3. The lowest BCUT2D eigenvalue weighted by atomic mass is 9.98. The van der Waals surface area contributed by atoms with E-state index in [1.165, 1.54) is 29.6 Å². The topological polar surface area (TPSA) is 246 Å². The molecule has 3 rings (SSSR count). The fourth-order valence-corrected chi connectivity index (χ4v) is 4.59. The standard InChI is InChI=1S/C18H19N7O10S2/c1-34-23-13(11-8-36-17(19)21-11)15(26)22-14-12(24(16(14)27)37(31,32)33)6-20-18(28)35-7-9-2-4-10(5-3-9)25(29)30/h2-5,8,12,14H,6-7H2,1H3,(H2,19,21)(H,20,28)(H,22,26)(H,31,32,33)/b23-13-/t12-,14+/m0/s1. The Kier molecular flexibility index (Phi) is 8.20. The Bertz CT molecular complexity index is 1340. The number of ether oxygens (including phenoxy) is 1. The molecular formula is C18H19N7O10S2. The van der Waals surface area contributed by atoms with Crippen molar-refractivity contribution in [1.29, 1.82) is 0 Å². The van der Waals surface area contributed by atoms with Crippen molar-refractivity contribution in [2.75, 3.05) is 19.4 Å². The Labute approximate surface area is 212 Å². The number of hydrogen-bond acceptors (Lipinski definition) is 13. The molecular weight excluding hydrogens is 538 g/mol. The molecule has 0 spiro atoms. The number of non-ortho nitro benzene ring substituents is 1. The van der Waals surface area contributed by atoms with Gasteiger partial charge in [0.15, 0.2) is 10.8 Å². The summed E-state index contributed by atoms with van der Waals surface area (Å²) < 4.78 is 37.7. The predicted octanol–water partition coefficient (Wildman–Crippen LogP) is -0.591. The van der Waals surface area contributed by atoms with E-state index in [-0.39, 0.29) is 33.1 Å². The van der Waals surface area contributed by atoms with Crippen LogP contribution in [0.4, 0.5) is 15.6 Å². The summed E-state index contributed by atoms with van der Waals surface area (Å²) in [4.78, 5) is 55.8. The van der Waals surface area contributed by atoms with Crippen molar-refractivity contribution in [1.82, 2.24) is 19.9 Å². The van der Waals surface area contributed by atoms with Crippen LogP contribution in [-0.4, -0.2) is 76.5 Å². The minimum atomic E-state index is -5.02. The number of benzene rings is 1. The predicted molar refractivity (Wildman–Crippen MR) is 125 cm³/mol. The lowest BCUT2D eigenvalue weighted by molar-refractivity contribution is -0.384. The van der Waals surface area contributed by atoms with Crippen molar-refractivity contribution in [3.63, 3.8) is 0 Å². The third kappa shape index (κ3) is 6.45. The van der Waals surface area contributed by atoms with Gasteiger partial charge in [-0.1, -0.05) is 5.16 Å². The van der Waals surface area contributed by atoms with E-state index in [2.05, 4.69) is 25.6 Å². The Morgan fingerprint density at radius 3 is 2.57 bits per heavy atom. The molecule has 0 bridgehead atoms. The van der Waals surface area contributed by atoms with Crippen molar-refractivity contribution in [3.05, 3.63) is 51.0 Å². The molecule has 2 heterocycles. The molecule has 17 nitrogen and oxygen atoms in total. The summed E-state index contributed by atoms with van der Waals surface area (Å²) in [5.41, 5.74) is 5.50. The van der Waals surface area contributed by atoms with Crippen molar-refractivity contribution < 1.29 is 41.9 Å². The van der Waals surface area contributed by atoms with E-state index in [1.807, 2.05) is 0 Å². The zero-order chi connectivity index (χ0) is 27.3. The van der Waals surface area contributed by atoms with E-state index in [0.717, 1.165) is 18.4 Å². The summed E-state index contributed by atoms with van der Waals surface area (Å²) in [5.74, 6) is -2.14. The minimum absolute atomic E-state index is 0.0322. The van der Waals surface area contributed by atoms with E-state index in [9.17, 15) is 37.5 Å². The third-order valence-corrected chi connectivity index (χ3v) is 6.46. The molecule has 1 fully saturated rings. The number of alkyl carbamates (subject to hydrolysis) is 1. The summed E-state index contributed by atoms with van der Waals surface area (Å²) in [5, 5.41) is 20.3. The van der Waals surface area contributed by atoms with Gasteiger partial charge in [-0.25, -0.2) is 14.1 Å². The summed E-state index contributed by atoms with van der Waals surface area (Å²) in [6, 6.07) is 2.28. The number of hydrogen-bond donors (Lipinski definition) is 4. The van der Waals surface area contributed by atoms with Gasteiger partial charge in [0.05, 0.1) is 11.0 Å². The second-order valence-electron chi connectivity index (χ2n) is 7.20. The Morgan fingerprint density at radius 1 is 1.35 bits per heavy atom. The molecule has 1 aromatic heterocycles. The van der Waals surface area contributed by atoms with Gasteiger partial charge in [0.25, 0.3) is 17.5 Å². The van der Waals surface area contributed by atoms with Gasteiger partial charge in [-0.2, -0.15) is 8.42 Å². The molecule has 1 aliphatic rings. The third-order valence-electron chi connectivity index (χ3n) is 4.84. The number of nitrogens with zero attached hydrogens (tertiary/aromatic N) is 4. The maximum Gasteiger partial charge on any atom is 0.407 e. The molecule has 19 heteroatoms. The van der Waals surface area contributed by atoms with Crippen LogP contribution in [0.2, 0.25) is 0 Å². The molecule has 2 atom stereocenters. The van der Waals surface area contributed by atoms with Crippen LogP contribution in [-0.2, 0) is 36.1 Å². The number of nitro groups is 1. The number of nitro benzene ring substituents is 1. The highest BCUT2D eigenvalue weighted by molar-refractivity contribution is 7.84. The SMILES string of the molecule is CO/N=C(\C(=O)N[C@H]1C(=O)N(S(=O)(=O)O)[C@H]1CNC(=O)OCc1ccc([N+](=O)[O-])cc1)c1csc(N)n1. The number of nitrogens with one attached hydrogen (secondary N) is 2. The number of carbonyl (C=O) groups is 3. The zero-order valence-electron chi connectivity index (χ0n) is 18.8. The Morgan fingerprint density at radius 2 is 2.03 bits per heavy atom. The lowest BCUT2D eigenvalue weighted by Crippen LogP contribution is -2.74. The molecule has 5 N–H and O–H groups in total. The molecule has 0 unspecified atom stereocenters. The zero-order valence-corrected chi connectivity index (χ0v) is 20.4. The number of anilines is 1. The van der Waals surface area contributed by atoms with Crippen molar-refractivity contribution in [2.45, 2.75) is 18.7 Å². The average molecular weight is 558 g/mol. The smallest absolute Gasteiger partial charge is 0.407 e. The lowest BCUT2D eigenvalue weighted by Gasteiger charge is -2.44. The number of aromatic nitrogens is 1. The van der Waals surface area contributed by atoms with Gasteiger partial charge in [-0.05, 0) is 17.7 Å². The van der Waals surface area contributed by atoms with Gasteiger partial charge in [0.1, 0.15) is 25.5 Å². The van der Waals surface area contributed by atoms with Gasteiger partial charge in [-0.3, -0.25) is 24.3 Å². The molecule has 3 amide bonds. The fraction of sp³-hybridized carbons (Fsp3) is 0.278. The van der Waals surface area contributed by atoms with E-state index < -0.39 is 51.8 Å². The van der Waals surface area contributed by atoms with Gasteiger partial charge < -0.3 is 25.9 Å². The van der Waals surface area contributed by atoms with Crippen LogP contribution in [0.1, 0.15) is 11.3 Å². The molecule has 1 saturated heterocycles. The largest absolute Gasteiger partial charge is 0.445 e. The maximum atomic E-state index is 12.7. The van der Waals surface area contributed by atoms with Crippen LogP contribution >= 0.6 is 11.3 Å². The summed E-state index contributed by atoms with van der Waals surface area (Å²) in [7, 11) is -3.86. The fourth-order valence-electron chi connectivity index (χ4n) is 3.17. The Hall–Kier alpha value is -4.36. The summed E-state index contributed by atoms with van der Waals surface area (Å²) in [6.45, 7) is -0.820. The summed E-state index contributed by atoms with van der Waals surface area (Å²) in [6.07, 6.45) is -1.03. The van der Waals surface area contributed by atoms with Gasteiger partial charge >= 0.3 is 16.4 Å². The van der Waals surface area contributed by atoms with Crippen molar-refractivity contribution in [3.8, 4) is 0 Å². The molecule has 2 aromatic rings. The number of oxime groups is 1. The second-order valence-corrected chi connectivity index (χ2v) is 9.38. The highest BCUT2D eigenvalue weighted by Crippen LogP contribution is 2.24. The van der Waals surface area contributed by atoms with Crippen molar-refractivity contribution in [2.24, 2.45) is 5.16 Å². The summed E-state index contributed by atoms with van der Waals surface area (Å²) >= 11 is 1.01. The normalized spacial score (nSPS) is 17.5. The highest BCUT2D eigenvalue weighted by atomic mass is 32.2. The monoisotopic (exact) mass is 557 g/mol. The van der Waals surface area contributed by atoms with Crippen molar-refractivity contribution >= 4 is 56.1 Å². The quantitative estimate of drug-likeness (QED) is 0.0941. The van der Waals surface area contributed by atoms with E-state index in [0.29, 0.717) is 5.56 Å². The molecule has 198 valence electrons. The first kappa shape index (κ1) is 27.2. The molecule has 0 aliphatic carbocycles. The van der Waals surface area contributed by atoms with Crippen LogP contribution in [0.5, 0.6) is 0 Å². The molecule has 1 aliphatic heterocycles. The van der Waals surface area contributed by atoms with Crippen LogP contribution < -0.4 is 16.4 Å². The first-order valence-corrected chi connectivity index (χ1v) is 12.3. The number of amides is 3. The average Bonchev–Trinajstić information content (AvgIpc) is 3.26. The number of β-lactam (4-membered cyclic amide) rings is 1. The van der Waals surface area contributed by atoms with E-state index >= 15 is 0 Å².